The van der Waals surface area contributed by atoms with E-state index in [9.17, 15) is 18.0 Å². The highest BCUT2D eigenvalue weighted by molar-refractivity contribution is 7.18. The fraction of sp³-hybridized carbons (Fsp3) is 0.556. The first-order valence-electron chi connectivity index (χ1n) is 4.81. The predicted octanol–water partition coefficient (Wildman–Crippen LogP) is 3.34. The maximum absolute atomic E-state index is 12.1. The number of esters is 1. The standard InChI is InChI=1S/C9H10ClF3N2O2S/c1-4(3-9(11,12)13)14-8-15-6(10)5(18-8)7(16)17-2/h4H,3H2,1-2H3,(H,14,15). The minimum Gasteiger partial charge on any atom is -0.465 e. The third-order valence-corrected chi connectivity index (χ3v) is 3.22. The monoisotopic (exact) mass is 302 g/mol. The van der Waals surface area contributed by atoms with E-state index in [1.54, 1.807) is 0 Å². The number of carbonyl (C=O) groups excluding carboxylic acids is 1. The Morgan fingerprint density at radius 1 is 1.61 bits per heavy atom. The van der Waals surface area contributed by atoms with Crippen LogP contribution in [-0.2, 0) is 4.74 Å². The Morgan fingerprint density at radius 3 is 2.72 bits per heavy atom. The van der Waals surface area contributed by atoms with Crippen LogP contribution in [0.1, 0.15) is 23.0 Å². The molecule has 1 N–H and O–H groups in total. The third-order valence-electron chi connectivity index (χ3n) is 1.86. The summed E-state index contributed by atoms with van der Waals surface area (Å²) in [5.74, 6) is -0.672. The number of nitrogens with zero attached hydrogens (tertiary/aromatic N) is 1. The Morgan fingerprint density at radius 2 is 2.22 bits per heavy atom. The van der Waals surface area contributed by atoms with Crippen molar-refractivity contribution in [1.82, 2.24) is 4.98 Å². The van der Waals surface area contributed by atoms with Crippen LogP contribution >= 0.6 is 22.9 Å². The molecule has 0 aliphatic rings. The fourth-order valence-electron chi connectivity index (χ4n) is 1.19. The van der Waals surface area contributed by atoms with Gasteiger partial charge in [0.1, 0.15) is 0 Å². The molecule has 1 heterocycles. The molecule has 9 heteroatoms. The molecule has 0 spiro atoms. The second kappa shape index (κ2) is 5.75. The van der Waals surface area contributed by atoms with Crippen LogP contribution in [0.5, 0.6) is 0 Å². The molecule has 0 saturated carbocycles. The predicted molar refractivity (Wildman–Crippen MR) is 62.2 cm³/mol. The van der Waals surface area contributed by atoms with E-state index in [2.05, 4.69) is 15.0 Å². The summed E-state index contributed by atoms with van der Waals surface area (Å²) in [5.41, 5.74) is 0. The van der Waals surface area contributed by atoms with Gasteiger partial charge in [0, 0.05) is 6.04 Å². The summed E-state index contributed by atoms with van der Waals surface area (Å²) in [6, 6.07) is -0.863. The largest absolute Gasteiger partial charge is 0.465 e. The fourth-order valence-corrected chi connectivity index (χ4v) is 2.41. The van der Waals surface area contributed by atoms with Crippen molar-refractivity contribution in [1.29, 1.82) is 0 Å². The first-order valence-corrected chi connectivity index (χ1v) is 6.00. The summed E-state index contributed by atoms with van der Waals surface area (Å²) in [6.45, 7) is 1.36. The average Bonchev–Trinajstić information content (AvgIpc) is 2.55. The summed E-state index contributed by atoms with van der Waals surface area (Å²) in [4.78, 5) is 15.0. The van der Waals surface area contributed by atoms with E-state index in [-0.39, 0.29) is 15.2 Å². The van der Waals surface area contributed by atoms with Crippen molar-refractivity contribution in [3.63, 3.8) is 0 Å². The van der Waals surface area contributed by atoms with Gasteiger partial charge in [0.05, 0.1) is 13.5 Å². The van der Waals surface area contributed by atoms with Crippen LogP contribution in [0, 0.1) is 0 Å². The number of thiazole rings is 1. The number of hydrogen-bond acceptors (Lipinski definition) is 5. The number of anilines is 1. The summed E-state index contributed by atoms with van der Waals surface area (Å²) in [7, 11) is 1.18. The molecule has 1 unspecified atom stereocenters. The van der Waals surface area contributed by atoms with Gasteiger partial charge in [-0.15, -0.1) is 0 Å². The van der Waals surface area contributed by atoms with Crippen molar-refractivity contribution >= 4 is 34.0 Å². The molecule has 4 nitrogen and oxygen atoms in total. The second-order valence-corrected chi connectivity index (χ2v) is 4.85. The topological polar surface area (TPSA) is 51.2 Å². The lowest BCUT2D eigenvalue weighted by Gasteiger charge is -2.14. The molecule has 0 saturated heterocycles. The van der Waals surface area contributed by atoms with Crippen LogP contribution in [0.3, 0.4) is 0 Å². The van der Waals surface area contributed by atoms with E-state index >= 15 is 0 Å². The molecule has 0 aliphatic heterocycles. The highest BCUT2D eigenvalue weighted by Crippen LogP contribution is 2.29. The number of carbonyl (C=O) groups is 1. The Balaban J connectivity index is 2.72. The van der Waals surface area contributed by atoms with Crippen LogP contribution in [0.2, 0.25) is 5.15 Å². The summed E-state index contributed by atoms with van der Waals surface area (Å²) < 4.78 is 40.8. The number of nitrogens with one attached hydrogen (secondary N) is 1. The van der Waals surface area contributed by atoms with Gasteiger partial charge in [-0.05, 0) is 6.92 Å². The van der Waals surface area contributed by atoms with Crippen molar-refractivity contribution in [2.24, 2.45) is 0 Å². The summed E-state index contributed by atoms with van der Waals surface area (Å²) in [6.07, 6.45) is -5.27. The molecular weight excluding hydrogens is 293 g/mol. The molecule has 1 aromatic rings. The third kappa shape index (κ3) is 4.34. The van der Waals surface area contributed by atoms with E-state index in [4.69, 9.17) is 11.6 Å². The SMILES string of the molecule is COC(=O)c1sc(NC(C)CC(F)(F)F)nc1Cl. The molecule has 1 aromatic heterocycles. The van der Waals surface area contributed by atoms with Crippen LogP contribution in [-0.4, -0.2) is 30.3 Å². The van der Waals surface area contributed by atoms with E-state index < -0.39 is 24.6 Å². The van der Waals surface area contributed by atoms with Crippen LogP contribution in [0.25, 0.3) is 0 Å². The number of aromatic nitrogens is 1. The quantitative estimate of drug-likeness (QED) is 0.867. The van der Waals surface area contributed by atoms with Crippen molar-refractivity contribution in [2.45, 2.75) is 25.6 Å². The Kier molecular flexibility index (Phi) is 4.80. The molecule has 0 amide bonds. The lowest BCUT2D eigenvalue weighted by molar-refractivity contribution is -0.136. The maximum atomic E-state index is 12.1. The van der Waals surface area contributed by atoms with E-state index in [1.165, 1.54) is 14.0 Å². The first-order chi connectivity index (χ1) is 8.23. The number of hydrogen-bond donors (Lipinski definition) is 1. The number of ether oxygens (including phenoxy) is 1. The molecule has 0 bridgehead atoms. The highest BCUT2D eigenvalue weighted by Gasteiger charge is 2.30. The number of methoxy groups -OCH3 is 1. The second-order valence-electron chi connectivity index (χ2n) is 3.50. The van der Waals surface area contributed by atoms with Crippen molar-refractivity contribution in [2.75, 3.05) is 12.4 Å². The Hall–Kier alpha value is -1.02. The van der Waals surface area contributed by atoms with Crippen molar-refractivity contribution in [3.05, 3.63) is 10.0 Å². The van der Waals surface area contributed by atoms with Gasteiger partial charge in [0.15, 0.2) is 15.2 Å². The lowest BCUT2D eigenvalue weighted by Crippen LogP contribution is -2.23. The van der Waals surface area contributed by atoms with Gasteiger partial charge in [-0.25, -0.2) is 9.78 Å². The zero-order valence-corrected chi connectivity index (χ0v) is 11.0. The minimum absolute atomic E-state index is 0.0564. The van der Waals surface area contributed by atoms with Gasteiger partial charge in [-0.2, -0.15) is 13.2 Å². The molecular formula is C9H10ClF3N2O2S. The smallest absolute Gasteiger partial charge is 0.391 e. The van der Waals surface area contributed by atoms with Gasteiger partial charge >= 0.3 is 12.1 Å². The average molecular weight is 303 g/mol. The first kappa shape index (κ1) is 15.0. The molecule has 0 aliphatic carbocycles. The zero-order valence-electron chi connectivity index (χ0n) is 9.47. The molecule has 18 heavy (non-hydrogen) atoms. The molecule has 0 radical (unpaired) electrons. The van der Waals surface area contributed by atoms with Gasteiger partial charge in [-0.1, -0.05) is 22.9 Å². The normalized spacial score (nSPS) is 13.2. The molecule has 0 aromatic carbocycles. The Bertz CT molecular complexity index is 436. The van der Waals surface area contributed by atoms with Crippen LogP contribution < -0.4 is 5.32 Å². The molecule has 1 rings (SSSR count). The molecule has 102 valence electrons. The van der Waals surface area contributed by atoms with Crippen molar-refractivity contribution in [3.8, 4) is 0 Å². The maximum Gasteiger partial charge on any atom is 0.391 e. The van der Waals surface area contributed by atoms with Crippen LogP contribution in [0.4, 0.5) is 18.3 Å². The lowest BCUT2D eigenvalue weighted by atomic mass is 10.2. The summed E-state index contributed by atoms with van der Waals surface area (Å²) >= 11 is 6.52. The number of alkyl halides is 3. The van der Waals surface area contributed by atoms with Crippen molar-refractivity contribution < 1.29 is 22.7 Å². The zero-order chi connectivity index (χ0) is 13.9. The van der Waals surface area contributed by atoms with Crippen LogP contribution in [0.15, 0.2) is 0 Å². The highest BCUT2D eigenvalue weighted by atomic mass is 35.5. The minimum atomic E-state index is -4.27. The Labute approximate surface area is 110 Å². The molecule has 0 fully saturated rings. The van der Waals surface area contributed by atoms with Gasteiger partial charge in [0.25, 0.3) is 0 Å². The number of halogens is 4. The molecule has 1 atom stereocenters. The summed E-state index contributed by atoms with van der Waals surface area (Å²) in [5, 5.41) is 2.59. The van der Waals surface area contributed by atoms with Gasteiger partial charge in [0.2, 0.25) is 0 Å². The van der Waals surface area contributed by atoms with E-state index in [0.29, 0.717) is 0 Å². The van der Waals surface area contributed by atoms with Gasteiger partial charge < -0.3 is 10.1 Å². The van der Waals surface area contributed by atoms with E-state index in [0.717, 1.165) is 11.3 Å². The number of rotatable bonds is 4. The van der Waals surface area contributed by atoms with Gasteiger partial charge in [-0.3, -0.25) is 0 Å². The van der Waals surface area contributed by atoms with E-state index in [1.807, 2.05) is 0 Å².